The van der Waals surface area contributed by atoms with Gasteiger partial charge in [0.2, 0.25) is 11.8 Å². The molecule has 6 nitrogen and oxygen atoms in total. The number of halogens is 3. The van der Waals surface area contributed by atoms with Gasteiger partial charge in [0.1, 0.15) is 5.54 Å². The number of nitrogens with one attached hydrogen (secondary N) is 1. The summed E-state index contributed by atoms with van der Waals surface area (Å²) >= 11 is 0. The average Bonchev–Trinajstić information content (AvgIpc) is 3.21. The lowest BCUT2D eigenvalue weighted by molar-refractivity contribution is -0.147. The fourth-order valence-electron chi connectivity index (χ4n) is 4.67. The first-order chi connectivity index (χ1) is 15.0. The van der Waals surface area contributed by atoms with Crippen LogP contribution in [-0.2, 0) is 27.0 Å². The molecule has 2 aliphatic rings. The number of carboxylic acid groups (broad SMARTS) is 1. The molecule has 32 heavy (non-hydrogen) atoms. The molecule has 4 rings (SSSR count). The monoisotopic (exact) mass is 446 g/mol. The minimum atomic E-state index is -4.60. The Morgan fingerprint density at radius 2 is 1.78 bits per heavy atom. The number of anilines is 1. The number of carbonyl (C=O) groups excluding carboxylic acids is 2. The normalized spacial score (nSPS) is 27.7. The van der Waals surface area contributed by atoms with E-state index in [-0.39, 0.29) is 5.56 Å². The third-order valence-electron chi connectivity index (χ3n) is 6.41. The smallest absolute Gasteiger partial charge is 0.416 e. The van der Waals surface area contributed by atoms with Gasteiger partial charge < -0.3 is 5.11 Å². The van der Waals surface area contributed by atoms with Gasteiger partial charge in [-0.05, 0) is 48.7 Å². The number of carbonyl (C=O) groups is 3. The van der Waals surface area contributed by atoms with Gasteiger partial charge in [-0.2, -0.15) is 13.2 Å². The van der Waals surface area contributed by atoms with E-state index in [2.05, 4.69) is 5.32 Å². The summed E-state index contributed by atoms with van der Waals surface area (Å²) in [6.45, 7) is 3.24. The van der Waals surface area contributed by atoms with E-state index < -0.39 is 52.9 Å². The lowest BCUT2D eigenvalue weighted by Gasteiger charge is -2.27. The van der Waals surface area contributed by atoms with Gasteiger partial charge in [-0.1, -0.05) is 31.2 Å². The van der Waals surface area contributed by atoms with Gasteiger partial charge in [-0.15, -0.1) is 0 Å². The number of benzene rings is 2. The summed E-state index contributed by atoms with van der Waals surface area (Å²) in [6.07, 6.45) is -3.85. The molecule has 2 aliphatic heterocycles. The maximum Gasteiger partial charge on any atom is 0.416 e. The number of rotatable bonds is 4. The van der Waals surface area contributed by atoms with Gasteiger partial charge in [0.05, 0.1) is 23.1 Å². The number of nitrogens with zero attached hydrogens (tertiary/aromatic N) is 1. The number of aryl methyl sites for hydroxylation is 1. The number of amides is 2. The molecule has 168 valence electrons. The first-order valence-corrected chi connectivity index (χ1v) is 10.1. The number of aliphatic carboxylic acids is 1. The molecule has 9 heteroatoms. The summed E-state index contributed by atoms with van der Waals surface area (Å²) in [5.74, 6) is -5.10. The third-order valence-corrected chi connectivity index (χ3v) is 6.41. The van der Waals surface area contributed by atoms with Crippen LogP contribution in [-0.4, -0.2) is 28.4 Å². The Hall–Kier alpha value is -3.20. The van der Waals surface area contributed by atoms with Crippen molar-refractivity contribution >= 4 is 23.5 Å². The van der Waals surface area contributed by atoms with Gasteiger partial charge in [-0.25, -0.2) is 4.90 Å². The van der Waals surface area contributed by atoms with Gasteiger partial charge in [-0.3, -0.25) is 19.7 Å². The molecule has 0 aromatic heterocycles. The van der Waals surface area contributed by atoms with Gasteiger partial charge in [0, 0.05) is 6.04 Å². The summed E-state index contributed by atoms with van der Waals surface area (Å²) in [5, 5.41) is 12.7. The maximum atomic E-state index is 13.4. The van der Waals surface area contributed by atoms with Crippen molar-refractivity contribution in [3.8, 4) is 0 Å². The topological polar surface area (TPSA) is 86.7 Å². The Morgan fingerprint density at radius 1 is 1.12 bits per heavy atom. The summed E-state index contributed by atoms with van der Waals surface area (Å²) in [5.41, 5.74) is -1.34. The highest BCUT2D eigenvalue weighted by molar-refractivity contribution is 6.24. The number of alkyl halides is 3. The SMILES string of the molecule is CCc1ccc(N2C(=O)C3C(c4cccc(C(F)(F)F)c4)NC(C)(C(=O)O)C3C2=O)cc1. The van der Waals surface area contributed by atoms with Crippen molar-refractivity contribution in [1.29, 1.82) is 0 Å². The maximum absolute atomic E-state index is 13.4. The Balaban J connectivity index is 1.80. The van der Waals surface area contributed by atoms with Crippen LogP contribution in [0.1, 0.15) is 36.6 Å². The minimum Gasteiger partial charge on any atom is -0.480 e. The molecule has 2 N–H and O–H groups in total. The number of imide groups is 1. The van der Waals surface area contributed by atoms with E-state index in [1.807, 2.05) is 6.92 Å². The first-order valence-electron chi connectivity index (χ1n) is 10.1. The fraction of sp³-hybridized carbons (Fsp3) is 0.348. The molecular formula is C23H21F3N2O4. The van der Waals surface area contributed by atoms with Crippen LogP contribution in [0, 0.1) is 11.8 Å². The molecule has 2 aromatic rings. The average molecular weight is 446 g/mol. The highest BCUT2D eigenvalue weighted by Crippen LogP contribution is 2.50. The predicted octanol–water partition coefficient (Wildman–Crippen LogP) is 3.56. The lowest BCUT2D eigenvalue weighted by atomic mass is 9.80. The highest BCUT2D eigenvalue weighted by atomic mass is 19.4. The molecule has 2 aromatic carbocycles. The van der Waals surface area contributed by atoms with E-state index in [0.29, 0.717) is 5.69 Å². The molecular weight excluding hydrogens is 425 g/mol. The quantitative estimate of drug-likeness (QED) is 0.702. The number of carboxylic acids is 1. The van der Waals surface area contributed by atoms with Crippen LogP contribution in [0.5, 0.6) is 0 Å². The fourth-order valence-corrected chi connectivity index (χ4v) is 4.67. The zero-order valence-electron chi connectivity index (χ0n) is 17.3. The molecule has 2 fully saturated rings. The van der Waals surface area contributed by atoms with E-state index in [1.54, 1.807) is 24.3 Å². The number of hydrogen-bond acceptors (Lipinski definition) is 4. The first kappa shape index (κ1) is 22.0. The van der Waals surface area contributed by atoms with E-state index in [4.69, 9.17) is 0 Å². The number of fused-ring (bicyclic) bond motifs is 1. The van der Waals surface area contributed by atoms with Crippen LogP contribution < -0.4 is 10.2 Å². The Bertz CT molecular complexity index is 1100. The molecule has 4 unspecified atom stereocenters. The minimum absolute atomic E-state index is 0.101. The summed E-state index contributed by atoms with van der Waals surface area (Å²) in [7, 11) is 0. The molecule has 0 aliphatic carbocycles. The lowest BCUT2D eigenvalue weighted by Crippen LogP contribution is -2.53. The van der Waals surface area contributed by atoms with Crippen molar-refractivity contribution in [3.05, 3.63) is 65.2 Å². The molecule has 2 amide bonds. The molecule has 4 atom stereocenters. The van der Waals surface area contributed by atoms with Crippen molar-refractivity contribution in [2.45, 2.75) is 38.0 Å². The zero-order valence-corrected chi connectivity index (χ0v) is 17.3. The molecule has 0 radical (unpaired) electrons. The van der Waals surface area contributed by atoms with Crippen molar-refractivity contribution in [2.75, 3.05) is 4.90 Å². The van der Waals surface area contributed by atoms with Gasteiger partial charge in [0.25, 0.3) is 0 Å². The number of hydrogen-bond donors (Lipinski definition) is 2. The van der Waals surface area contributed by atoms with Crippen molar-refractivity contribution in [2.24, 2.45) is 11.8 Å². The van der Waals surface area contributed by atoms with E-state index in [1.165, 1.54) is 19.1 Å². The second-order valence-corrected chi connectivity index (χ2v) is 8.29. The second kappa shape index (κ2) is 7.44. The van der Waals surface area contributed by atoms with E-state index >= 15 is 0 Å². The van der Waals surface area contributed by atoms with Crippen LogP contribution >= 0.6 is 0 Å². The van der Waals surface area contributed by atoms with Crippen LogP contribution in [0.15, 0.2) is 48.5 Å². The van der Waals surface area contributed by atoms with Crippen LogP contribution in [0.2, 0.25) is 0 Å². The largest absolute Gasteiger partial charge is 0.480 e. The Morgan fingerprint density at radius 3 is 2.34 bits per heavy atom. The standard InChI is InChI=1S/C23H21F3N2O4/c1-3-12-7-9-15(10-8-12)28-19(29)16-17(20(28)30)22(2,21(31)32)27-18(16)13-5-4-6-14(11-13)23(24,25)26/h4-11,16-18,27H,3H2,1-2H3,(H,31,32). The molecule has 0 saturated carbocycles. The summed E-state index contributed by atoms with van der Waals surface area (Å²) < 4.78 is 39.7. The molecule has 0 spiro atoms. The van der Waals surface area contributed by atoms with Crippen LogP contribution in [0.4, 0.5) is 18.9 Å². The Kier molecular flexibility index (Phi) is 5.12. The van der Waals surface area contributed by atoms with Gasteiger partial charge in [0.15, 0.2) is 0 Å². The van der Waals surface area contributed by atoms with Crippen molar-refractivity contribution in [3.63, 3.8) is 0 Å². The summed E-state index contributed by atoms with van der Waals surface area (Å²) in [6, 6.07) is 10.1. The third kappa shape index (κ3) is 3.28. The van der Waals surface area contributed by atoms with Crippen molar-refractivity contribution < 1.29 is 32.7 Å². The Labute approximate surface area is 182 Å². The van der Waals surface area contributed by atoms with Gasteiger partial charge >= 0.3 is 12.1 Å². The van der Waals surface area contributed by atoms with Crippen molar-refractivity contribution in [1.82, 2.24) is 5.32 Å². The molecule has 2 heterocycles. The highest BCUT2D eigenvalue weighted by Gasteiger charge is 2.67. The van der Waals surface area contributed by atoms with E-state index in [9.17, 15) is 32.7 Å². The van der Waals surface area contributed by atoms with Crippen LogP contribution in [0.25, 0.3) is 0 Å². The van der Waals surface area contributed by atoms with Crippen LogP contribution in [0.3, 0.4) is 0 Å². The zero-order chi connectivity index (χ0) is 23.4. The predicted molar refractivity (Wildman–Crippen MR) is 109 cm³/mol. The second-order valence-electron chi connectivity index (χ2n) is 8.29. The summed E-state index contributed by atoms with van der Waals surface area (Å²) in [4.78, 5) is 39.8. The van der Waals surface area contributed by atoms with E-state index in [0.717, 1.165) is 29.0 Å². The molecule has 2 saturated heterocycles. The molecule has 0 bridgehead atoms.